The lowest BCUT2D eigenvalue weighted by Gasteiger charge is -2.34. The van der Waals surface area contributed by atoms with Crippen molar-refractivity contribution in [1.29, 1.82) is 0 Å². The molecule has 3 aliphatic rings. The summed E-state index contributed by atoms with van der Waals surface area (Å²) in [6, 6.07) is 12.2. The molecule has 1 unspecified atom stereocenters. The number of nitrogens with two attached hydrogens (primary N) is 1. The lowest BCUT2D eigenvalue weighted by molar-refractivity contribution is 0.0936. The fourth-order valence-corrected chi connectivity index (χ4v) is 6.75. The van der Waals surface area contributed by atoms with Crippen LogP contribution in [-0.4, -0.2) is 76.0 Å². The third-order valence-corrected chi connectivity index (χ3v) is 9.09. The zero-order valence-electron chi connectivity index (χ0n) is 19.3. The number of anilines is 2. The maximum atomic E-state index is 13.1. The summed E-state index contributed by atoms with van der Waals surface area (Å²) in [5.74, 6) is -0.284. The van der Waals surface area contributed by atoms with Crippen molar-refractivity contribution in [2.24, 2.45) is 0 Å². The Kier molecular flexibility index (Phi) is 6.65. The number of carbonyl (C=O) groups is 1. The summed E-state index contributed by atoms with van der Waals surface area (Å²) in [4.78, 5) is 17.8. The Morgan fingerprint density at radius 3 is 2.60 bits per heavy atom. The predicted molar refractivity (Wildman–Crippen MR) is 143 cm³/mol. The summed E-state index contributed by atoms with van der Waals surface area (Å²) in [5, 5.41) is 2.95. The molecule has 3 heterocycles. The molecular formula is C23H28IN7O3S. The number of nitrogens with zero attached hydrogens (tertiary/aromatic N) is 3. The molecule has 0 aromatic heterocycles. The SMILES string of the molecule is CN1CCN(c2ccc(C(=O)NC3NNC4=C3CN(S(=O)(=O)c3cccc(I)c3)C4)cc2N)CC1. The van der Waals surface area contributed by atoms with Crippen molar-refractivity contribution in [2.45, 2.75) is 11.1 Å². The minimum absolute atomic E-state index is 0.193. The maximum absolute atomic E-state index is 13.1. The van der Waals surface area contributed by atoms with Crippen LogP contribution in [0.3, 0.4) is 0 Å². The second-order valence-electron chi connectivity index (χ2n) is 8.97. The van der Waals surface area contributed by atoms with Crippen LogP contribution in [0.15, 0.2) is 58.6 Å². The van der Waals surface area contributed by atoms with E-state index in [1.54, 1.807) is 30.3 Å². The van der Waals surface area contributed by atoms with Crippen LogP contribution in [-0.2, 0) is 10.0 Å². The van der Waals surface area contributed by atoms with Gasteiger partial charge >= 0.3 is 0 Å². The highest BCUT2D eigenvalue weighted by molar-refractivity contribution is 14.1. The number of amides is 1. The first kappa shape index (κ1) is 24.3. The van der Waals surface area contributed by atoms with Crippen molar-refractivity contribution in [3.05, 3.63) is 62.9 Å². The number of hydrogen-bond acceptors (Lipinski definition) is 8. The Bertz CT molecular complexity index is 1290. The summed E-state index contributed by atoms with van der Waals surface area (Å²) >= 11 is 2.10. The van der Waals surface area contributed by atoms with E-state index in [2.05, 4.69) is 55.6 Å². The molecule has 3 aliphatic heterocycles. The Morgan fingerprint density at radius 1 is 1.11 bits per heavy atom. The second-order valence-corrected chi connectivity index (χ2v) is 12.2. The summed E-state index contributed by atoms with van der Waals surface area (Å²) in [5.41, 5.74) is 15.9. The van der Waals surface area contributed by atoms with Gasteiger partial charge in [0.25, 0.3) is 5.91 Å². The molecule has 0 spiro atoms. The van der Waals surface area contributed by atoms with Crippen molar-refractivity contribution >= 4 is 49.9 Å². The monoisotopic (exact) mass is 609 g/mol. The molecule has 1 atom stereocenters. The Hall–Kier alpha value is -2.39. The van der Waals surface area contributed by atoms with Crippen molar-refractivity contribution in [3.63, 3.8) is 0 Å². The van der Waals surface area contributed by atoms with Gasteiger partial charge in [-0.05, 0) is 66.0 Å². The lowest BCUT2D eigenvalue weighted by Crippen LogP contribution is -2.49. The van der Waals surface area contributed by atoms with E-state index >= 15 is 0 Å². The van der Waals surface area contributed by atoms with E-state index in [4.69, 9.17) is 5.73 Å². The van der Waals surface area contributed by atoms with Gasteiger partial charge in [-0.3, -0.25) is 4.79 Å². The highest BCUT2D eigenvalue weighted by atomic mass is 127. The minimum atomic E-state index is -3.65. The van der Waals surface area contributed by atoms with Gasteiger partial charge in [0.15, 0.2) is 0 Å². The van der Waals surface area contributed by atoms with Crippen LogP contribution in [0.25, 0.3) is 0 Å². The topological polar surface area (TPSA) is 123 Å². The van der Waals surface area contributed by atoms with Crippen molar-refractivity contribution in [2.75, 3.05) is 56.9 Å². The molecule has 5 N–H and O–H groups in total. The molecule has 1 saturated heterocycles. The minimum Gasteiger partial charge on any atom is -0.397 e. The molecule has 5 rings (SSSR count). The van der Waals surface area contributed by atoms with Gasteiger partial charge < -0.3 is 26.3 Å². The molecule has 0 saturated carbocycles. The number of nitrogens with one attached hydrogen (secondary N) is 3. The first-order valence-electron chi connectivity index (χ1n) is 11.4. The zero-order valence-corrected chi connectivity index (χ0v) is 22.3. The molecule has 1 amide bonds. The highest BCUT2D eigenvalue weighted by Crippen LogP contribution is 2.29. The van der Waals surface area contributed by atoms with Gasteiger partial charge in [-0.1, -0.05) is 6.07 Å². The predicted octanol–water partition coefficient (Wildman–Crippen LogP) is 0.748. The largest absolute Gasteiger partial charge is 0.397 e. The van der Waals surface area contributed by atoms with Gasteiger partial charge in [-0.25, -0.2) is 13.8 Å². The van der Waals surface area contributed by atoms with Gasteiger partial charge in [0.2, 0.25) is 10.0 Å². The number of carbonyl (C=O) groups excluding carboxylic acids is 1. The van der Waals surface area contributed by atoms with E-state index in [1.807, 2.05) is 12.1 Å². The van der Waals surface area contributed by atoms with Crippen LogP contribution in [0.1, 0.15) is 10.4 Å². The van der Waals surface area contributed by atoms with Crippen molar-refractivity contribution < 1.29 is 13.2 Å². The summed E-state index contributed by atoms with van der Waals surface area (Å²) < 4.78 is 28.5. The Balaban J connectivity index is 1.25. The van der Waals surface area contributed by atoms with Crippen molar-refractivity contribution in [1.82, 2.24) is 25.4 Å². The zero-order chi connectivity index (χ0) is 24.7. The average molecular weight is 609 g/mol. The molecule has 2 aromatic rings. The maximum Gasteiger partial charge on any atom is 0.252 e. The number of halogens is 1. The lowest BCUT2D eigenvalue weighted by atomic mass is 10.1. The fraction of sp³-hybridized carbons (Fsp3) is 0.348. The molecule has 35 heavy (non-hydrogen) atoms. The van der Waals surface area contributed by atoms with E-state index in [9.17, 15) is 13.2 Å². The van der Waals surface area contributed by atoms with Gasteiger partial charge in [-0.15, -0.1) is 0 Å². The first-order valence-corrected chi connectivity index (χ1v) is 13.9. The van der Waals surface area contributed by atoms with Gasteiger partial charge in [0.05, 0.1) is 22.8 Å². The molecule has 186 valence electrons. The van der Waals surface area contributed by atoms with Crippen LogP contribution in [0.2, 0.25) is 0 Å². The molecule has 0 aliphatic carbocycles. The van der Waals surface area contributed by atoms with Crippen LogP contribution in [0.5, 0.6) is 0 Å². The summed E-state index contributed by atoms with van der Waals surface area (Å²) in [7, 11) is -1.55. The number of benzene rings is 2. The molecule has 1 fully saturated rings. The third kappa shape index (κ3) is 4.85. The molecule has 10 nitrogen and oxygen atoms in total. The van der Waals surface area contributed by atoms with E-state index in [1.165, 1.54) is 4.31 Å². The summed E-state index contributed by atoms with van der Waals surface area (Å²) in [6.07, 6.45) is -0.521. The Morgan fingerprint density at radius 2 is 1.89 bits per heavy atom. The van der Waals surface area contributed by atoms with E-state index in [-0.39, 0.29) is 23.9 Å². The molecule has 2 aromatic carbocycles. The second kappa shape index (κ2) is 9.58. The highest BCUT2D eigenvalue weighted by Gasteiger charge is 2.39. The number of likely N-dealkylation sites (N-methyl/N-ethyl adjacent to an activating group) is 1. The number of piperazine rings is 1. The average Bonchev–Trinajstić information content (AvgIpc) is 3.42. The van der Waals surface area contributed by atoms with Crippen LogP contribution >= 0.6 is 22.6 Å². The van der Waals surface area contributed by atoms with E-state index < -0.39 is 16.2 Å². The molecule has 0 radical (unpaired) electrons. The number of hydrogen-bond donors (Lipinski definition) is 4. The van der Waals surface area contributed by atoms with Crippen LogP contribution < -0.4 is 26.8 Å². The van der Waals surface area contributed by atoms with Crippen LogP contribution in [0.4, 0.5) is 11.4 Å². The summed E-state index contributed by atoms with van der Waals surface area (Å²) in [6.45, 7) is 4.13. The number of sulfonamides is 1. The third-order valence-electron chi connectivity index (χ3n) is 6.63. The van der Waals surface area contributed by atoms with Gasteiger partial charge in [-0.2, -0.15) is 4.31 Å². The molecule has 0 bridgehead atoms. The molecular weight excluding hydrogens is 581 g/mol. The smallest absolute Gasteiger partial charge is 0.252 e. The normalized spacial score (nSPS) is 21.2. The standard InChI is InChI=1S/C23H28IN7O3S/c1-29-7-9-30(10-8-29)21-6-5-15(11-19(21)25)23(32)26-22-18-13-31(14-20(18)27-28-22)35(33,34)17-4-2-3-16(24)12-17/h2-6,11-12,22,27-28H,7-10,13-14,25H2,1H3,(H,26,32). The van der Waals surface area contributed by atoms with Crippen LogP contribution in [0, 0.1) is 3.57 Å². The van der Waals surface area contributed by atoms with Gasteiger partial charge in [0.1, 0.15) is 6.17 Å². The van der Waals surface area contributed by atoms with Crippen molar-refractivity contribution in [3.8, 4) is 0 Å². The first-order chi connectivity index (χ1) is 16.7. The Labute approximate surface area is 218 Å². The molecule has 12 heteroatoms. The number of rotatable bonds is 5. The fourth-order valence-electron chi connectivity index (χ4n) is 4.57. The number of hydrazine groups is 1. The quantitative estimate of drug-likeness (QED) is 0.290. The van der Waals surface area contributed by atoms with E-state index in [0.717, 1.165) is 46.7 Å². The number of nitrogen functional groups attached to an aromatic ring is 1. The van der Waals surface area contributed by atoms with E-state index in [0.29, 0.717) is 11.3 Å². The van der Waals surface area contributed by atoms with Gasteiger partial charge in [0, 0.05) is 53.1 Å².